The molecule has 2 aromatic heterocycles. The van der Waals surface area contributed by atoms with Crippen molar-refractivity contribution in [3.05, 3.63) is 81.7 Å². The zero-order valence-corrected chi connectivity index (χ0v) is 14.5. The average molecular weight is 353 g/mol. The standard InChI is InChI=1S/C19H17N3O2S.H2/c1-22(12-13-6-3-2-4-7-13)19(24)16-10-9-15(25-16)17(23)14-8-5-11-21-18(14)20;/h2-11H,12H2,1H3,(H2,20,21);1H. The van der Waals surface area contributed by atoms with Gasteiger partial charge in [-0.05, 0) is 29.8 Å². The van der Waals surface area contributed by atoms with Gasteiger partial charge in [-0.15, -0.1) is 11.3 Å². The van der Waals surface area contributed by atoms with Crippen LogP contribution in [0.4, 0.5) is 5.82 Å². The molecule has 0 spiro atoms. The SMILES string of the molecule is CN(Cc1ccccc1)C(=O)c1ccc(C(=O)c2cccnc2N)s1.[HH]. The number of carbonyl (C=O) groups is 2. The summed E-state index contributed by atoms with van der Waals surface area (Å²) in [5.41, 5.74) is 7.16. The van der Waals surface area contributed by atoms with Crippen LogP contribution >= 0.6 is 11.3 Å². The largest absolute Gasteiger partial charge is 0.383 e. The fraction of sp³-hybridized carbons (Fsp3) is 0.105. The van der Waals surface area contributed by atoms with Gasteiger partial charge >= 0.3 is 0 Å². The molecule has 0 unspecified atom stereocenters. The lowest BCUT2D eigenvalue weighted by molar-refractivity contribution is 0.0789. The van der Waals surface area contributed by atoms with E-state index in [-0.39, 0.29) is 18.9 Å². The molecular weight excluding hydrogens is 334 g/mol. The van der Waals surface area contributed by atoms with E-state index in [1.807, 2.05) is 30.3 Å². The van der Waals surface area contributed by atoms with Crippen molar-refractivity contribution in [3.63, 3.8) is 0 Å². The number of carbonyl (C=O) groups excluding carboxylic acids is 2. The second-order valence-electron chi connectivity index (χ2n) is 5.58. The van der Waals surface area contributed by atoms with Gasteiger partial charge in [0.05, 0.1) is 15.3 Å². The van der Waals surface area contributed by atoms with E-state index in [4.69, 9.17) is 5.73 Å². The molecule has 5 nitrogen and oxygen atoms in total. The van der Waals surface area contributed by atoms with Gasteiger partial charge in [0.2, 0.25) is 5.78 Å². The van der Waals surface area contributed by atoms with Crippen LogP contribution in [0.5, 0.6) is 0 Å². The monoisotopic (exact) mass is 353 g/mol. The van der Waals surface area contributed by atoms with E-state index in [1.54, 1.807) is 36.2 Å². The van der Waals surface area contributed by atoms with Crippen molar-refractivity contribution in [1.82, 2.24) is 9.88 Å². The summed E-state index contributed by atoms with van der Waals surface area (Å²) in [6.45, 7) is 0.510. The number of nitrogen functional groups attached to an aromatic ring is 1. The molecule has 0 atom stereocenters. The number of ketones is 1. The van der Waals surface area contributed by atoms with Crippen molar-refractivity contribution >= 4 is 28.8 Å². The summed E-state index contributed by atoms with van der Waals surface area (Å²) in [5.74, 6) is -0.151. The van der Waals surface area contributed by atoms with Crippen LogP contribution in [0.3, 0.4) is 0 Å². The Kier molecular flexibility index (Phi) is 4.90. The zero-order valence-electron chi connectivity index (χ0n) is 13.7. The van der Waals surface area contributed by atoms with E-state index in [1.165, 1.54) is 17.5 Å². The summed E-state index contributed by atoms with van der Waals surface area (Å²) >= 11 is 1.17. The minimum absolute atomic E-state index is 0. The molecular formula is C19H19N3O2S. The van der Waals surface area contributed by atoms with Crippen LogP contribution in [0.15, 0.2) is 60.8 Å². The molecule has 0 fully saturated rings. The maximum atomic E-state index is 12.6. The molecule has 1 amide bonds. The number of nitrogens with zero attached hydrogens (tertiary/aromatic N) is 2. The molecule has 3 aromatic rings. The molecule has 0 saturated heterocycles. The number of thiophene rings is 1. The summed E-state index contributed by atoms with van der Waals surface area (Å²) < 4.78 is 0. The summed E-state index contributed by atoms with van der Waals surface area (Å²) in [6.07, 6.45) is 1.54. The van der Waals surface area contributed by atoms with Crippen molar-refractivity contribution < 1.29 is 11.0 Å². The van der Waals surface area contributed by atoms with Crippen LogP contribution in [0.25, 0.3) is 0 Å². The minimum Gasteiger partial charge on any atom is -0.383 e. The van der Waals surface area contributed by atoms with Crippen LogP contribution in [0.1, 0.15) is 31.9 Å². The van der Waals surface area contributed by atoms with Crippen molar-refractivity contribution in [2.45, 2.75) is 6.54 Å². The lowest BCUT2D eigenvalue weighted by atomic mass is 10.1. The quantitative estimate of drug-likeness (QED) is 0.713. The number of anilines is 1. The molecule has 6 heteroatoms. The highest BCUT2D eigenvalue weighted by Crippen LogP contribution is 2.23. The molecule has 1 aromatic carbocycles. The van der Waals surface area contributed by atoms with Crippen molar-refractivity contribution in [2.24, 2.45) is 0 Å². The van der Waals surface area contributed by atoms with Gasteiger partial charge in [-0.1, -0.05) is 30.3 Å². The van der Waals surface area contributed by atoms with Gasteiger partial charge in [-0.25, -0.2) is 4.98 Å². The molecule has 2 N–H and O–H groups in total. The van der Waals surface area contributed by atoms with Crippen LogP contribution in [0, 0.1) is 0 Å². The van der Waals surface area contributed by atoms with Gasteiger partial charge in [0, 0.05) is 21.2 Å². The van der Waals surface area contributed by atoms with Crippen molar-refractivity contribution in [3.8, 4) is 0 Å². The van der Waals surface area contributed by atoms with Gasteiger partial charge < -0.3 is 10.6 Å². The Bertz CT molecular complexity index is 912. The first kappa shape index (κ1) is 16.9. The first-order valence-electron chi connectivity index (χ1n) is 7.70. The number of benzene rings is 1. The highest BCUT2D eigenvalue weighted by molar-refractivity contribution is 7.16. The summed E-state index contributed by atoms with van der Waals surface area (Å²) in [6, 6.07) is 16.4. The molecule has 0 aliphatic carbocycles. The fourth-order valence-corrected chi connectivity index (χ4v) is 3.39. The molecule has 0 aliphatic rings. The van der Waals surface area contributed by atoms with Gasteiger partial charge in [0.1, 0.15) is 5.82 Å². The molecule has 0 radical (unpaired) electrons. The molecule has 0 saturated carbocycles. The van der Waals surface area contributed by atoms with Crippen molar-refractivity contribution in [2.75, 3.05) is 12.8 Å². The smallest absolute Gasteiger partial charge is 0.263 e. The predicted octanol–water partition coefficient (Wildman–Crippen LogP) is 3.47. The Hall–Kier alpha value is -2.99. The Morgan fingerprint density at radius 2 is 1.80 bits per heavy atom. The maximum absolute atomic E-state index is 12.6. The van der Waals surface area contributed by atoms with Gasteiger partial charge in [0.15, 0.2) is 0 Å². The average Bonchev–Trinajstić information content (AvgIpc) is 3.12. The Labute approximate surface area is 151 Å². The topological polar surface area (TPSA) is 76.3 Å². The number of amides is 1. The van der Waals surface area contributed by atoms with Crippen LogP contribution < -0.4 is 5.73 Å². The van der Waals surface area contributed by atoms with E-state index < -0.39 is 0 Å². The van der Waals surface area contributed by atoms with E-state index in [0.717, 1.165) is 5.56 Å². The molecule has 128 valence electrons. The van der Waals surface area contributed by atoms with Crippen LogP contribution in [-0.4, -0.2) is 28.6 Å². The minimum atomic E-state index is -0.222. The Morgan fingerprint density at radius 1 is 1.08 bits per heavy atom. The number of hydrogen-bond donors (Lipinski definition) is 1. The normalized spacial score (nSPS) is 10.4. The number of pyridine rings is 1. The fourth-order valence-electron chi connectivity index (χ4n) is 2.43. The van der Waals surface area contributed by atoms with Gasteiger partial charge in [-0.2, -0.15) is 0 Å². The summed E-state index contributed by atoms with van der Waals surface area (Å²) in [4.78, 5) is 31.7. The Morgan fingerprint density at radius 3 is 2.52 bits per heavy atom. The second kappa shape index (κ2) is 7.27. The molecule has 25 heavy (non-hydrogen) atoms. The van der Waals surface area contributed by atoms with Crippen molar-refractivity contribution in [1.29, 1.82) is 0 Å². The number of aromatic nitrogens is 1. The Balaban J connectivity index is 0.00000243. The molecule has 2 heterocycles. The first-order valence-corrected chi connectivity index (χ1v) is 8.52. The zero-order chi connectivity index (χ0) is 17.8. The van der Waals surface area contributed by atoms with Crippen LogP contribution in [-0.2, 0) is 6.54 Å². The van der Waals surface area contributed by atoms with Gasteiger partial charge in [-0.3, -0.25) is 9.59 Å². The predicted molar refractivity (Wildman–Crippen MR) is 101 cm³/mol. The number of rotatable bonds is 5. The summed E-state index contributed by atoms with van der Waals surface area (Å²) in [7, 11) is 1.75. The molecule has 0 bridgehead atoms. The van der Waals surface area contributed by atoms with Crippen LogP contribution in [0.2, 0.25) is 0 Å². The van der Waals surface area contributed by atoms with E-state index in [9.17, 15) is 9.59 Å². The van der Waals surface area contributed by atoms with Gasteiger partial charge in [0.25, 0.3) is 5.91 Å². The highest BCUT2D eigenvalue weighted by Gasteiger charge is 2.19. The third kappa shape index (κ3) is 3.75. The number of hydrogen-bond acceptors (Lipinski definition) is 5. The van der Waals surface area contributed by atoms with E-state index in [2.05, 4.69) is 4.98 Å². The maximum Gasteiger partial charge on any atom is 0.263 e. The lowest BCUT2D eigenvalue weighted by Crippen LogP contribution is -2.25. The van der Waals surface area contributed by atoms with E-state index in [0.29, 0.717) is 21.9 Å². The highest BCUT2D eigenvalue weighted by atomic mass is 32.1. The summed E-state index contributed by atoms with van der Waals surface area (Å²) in [5, 5.41) is 0. The molecule has 0 aliphatic heterocycles. The molecule has 3 rings (SSSR count). The number of nitrogens with two attached hydrogens (primary N) is 1. The third-order valence-electron chi connectivity index (χ3n) is 3.73. The third-order valence-corrected chi connectivity index (χ3v) is 4.81. The first-order chi connectivity index (χ1) is 12.1. The lowest BCUT2D eigenvalue weighted by Gasteiger charge is -2.16. The second-order valence-corrected chi connectivity index (χ2v) is 6.66. The van der Waals surface area contributed by atoms with E-state index >= 15 is 0 Å².